The van der Waals surface area contributed by atoms with Gasteiger partial charge in [0.05, 0.1) is 11.7 Å². The number of hydrogen-bond acceptors (Lipinski definition) is 4. The summed E-state index contributed by atoms with van der Waals surface area (Å²) in [5.74, 6) is 0.0423. The molecule has 0 N–H and O–H groups in total. The van der Waals surface area contributed by atoms with E-state index in [2.05, 4.69) is 34.3 Å². The van der Waals surface area contributed by atoms with Crippen molar-refractivity contribution in [2.24, 2.45) is 0 Å². The van der Waals surface area contributed by atoms with Crippen molar-refractivity contribution in [2.75, 3.05) is 26.2 Å². The molecule has 1 aromatic heterocycles. The van der Waals surface area contributed by atoms with Gasteiger partial charge in [-0.25, -0.2) is 0 Å². The molecule has 28 heavy (non-hydrogen) atoms. The summed E-state index contributed by atoms with van der Waals surface area (Å²) in [6, 6.07) is 17.2. The van der Waals surface area contributed by atoms with E-state index in [0.29, 0.717) is 24.0 Å². The molecule has 1 fully saturated rings. The van der Waals surface area contributed by atoms with Crippen LogP contribution in [0.5, 0.6) is 0 Å². The molecule has 2 heterocycles. The van der Waals surface area contributed by atoms with Crippen LogP contribution in [-0.4, -0.2) is 51.7 Å². The number of fused-ring (bicyclic) bond motifs is 1. The highest BCUT2D eigenvalue weighted by molar-refractivity contribution is 5.84. The molecule has 4 rings (SSSR count). The first-order valence-electron chi connectivity index (χ1n) is 9.65. The predicted molar refractivity (Wildman–Crippen MR) is 109 cm³/mol. The van der Waals surface area contributed by atoms with Gasteiger partial charge in [0.25, 0.3) is 0 Å². The zero-order chi connectivity index (χ0) is 19.5. The molecule has 1 saturated heterocycles. The van der Waals surface area contributed by atoms with Crippen LogP contribution in [0.3, 0.4) is 0 Å². The lowest BCUT2D eigenvalue weighted by atomic mass is 10.1. The van der Waals surface area contributed by atoms with E-state index in [4.69, 9.17) is 0 Å². The molecule has 2 aromatic carbocycles. The zero-order valence-corrected chi connectivity index (χ0v) is 16.0. The number of rotatable bonds is 4. The Morgan fingerprint density at radius 3 is 2.43 bits per heavy atom. The molecule has 0 radical (unpaired) electrons. The van der Waals surface area contributed by atoms with Crippen LogP contribution in [0.25, 0.3) is 10.9 Å². The van der Waals surface area contributed by atoms with Gasteiger partial charge in [0.2, 0.25) is 11.3 Å². The van der Waals surface area contributed by atoms with Gasteiger partial charge in [0.1, 0.15) is 6.04 Å². The van der Waals surface area contributed by atoms with Gasteiger partial charge < -0.3 is 4.90 Å². The molecule has 0 bridgehead atoms. The quantitative estimate of drug-likeness (QED) is 0.701. The topological polar surface area (TPSA) is 58.4 Å². The third-order valence-electron chi connectivity index (χ3n) is 5.37. The number of para-hydroxylation sites is 1. The zero-order valence-electron chi connectivity index (χ0n) is 16.0. The van der Waals surface area contributed by atoms with Crippen LogP contribution >= 0.6 is 0 Å². The van der Waals surface area contributed by atoms with E-state index in [9.17, 15) is 9.59 Å². The smallest absolute Gasteiger partial charge is 0.247 e. The molecule has 1 aliphatic rings. The fraction of sp³-hybridized carbons (Fsp3) is 0.318. The number of nitrogens with zero attached hydrogens (tertiary/aromatic N) is 4. The SMILES string of the molecule is C[C@H](C(=O)N1CCN(Cc2ccccc2)CC1)n1ncc(=O)c2ccccc21. The summed E-state index contributed by atoms with van der Waals surface area (Å²) in [6.07, 6.45) is 1.30. The molecule has 0 spiro atoms. The van der Waals surface area contributed by atoms with Gasteiger partial charge in [0.15, 0.2) is 0 Å². The summed E-state index contributed by atoms with van der Waals surface area (Å²) >= 11 is 0. The summed E-state index contributed by atoms with van der Waals surface area (Å²) in [7, 11) is 0. The Morgan fingerprint density at radius 2 is 1.68 bits per heavy atom. The van der Waals surface area contributed by atoms with E-state index in [-0.39, 0.29) is 11.3 Å². The summed E-state index contributed by atoms with van der Waals surface area (Å²) in [5, 5.41) is 4.83. The number of carbonyl (C=O) groups is 1. The molecule has 1 aliphatic heterocycles. The Morgan fingerprint density at radius 1 is 1.00 bits per heavy atom. The van der Waals surface area contributed by atoms with E-state index >= 15 is 0 Å². The van der Waals surface area contributed by atoms with Crippen LogP contribution in [0.4, 0.5) is 0 Å². The highest BCUT2D eigenvalue weighted by atomic mass is 16.2. The van der Waals surface area contributed by atoms with Crippen molar-refractivity contribution in [3.05, 3.63) is 76.6 Å². The number of piperazine rings is 1. The number of amides is 1. The van der Waals surface area contributed by atoms with Gasteiger partial charge >= 0.3 is 0 Å². The predicted octanol–water partition coefficient (Wildman–Crippen LogP) is 2.30. The fourth-order valence-corrected chi connectivity index (χ4v) is 3.77. The molecular formula is C22H24N4O2. The Hall–Kier alpha value is -2.99. The number of aromatic nitrogens is 2. The average Bonchev–Trinajstić information content (AvgIpc) is 2.74. The molecule has 0 aliphatic carbocycles. The minimum atomic E-state index is -0.453. The molecule has 1 atom stereocenters. The van der Waals surface area contributed by atoms with Crippen LogP contribution in [-0.2, 0) is 11.3 Å². The van der Waals surface area contributed by atoms with Gasteiger partial charge in [0, 0.05) is 38.1 Å². The molecule has 0 saturated carbocycles. The normalized spacial score (nSPS) is 16.2. The maximum atomic E-state index is 13.1. The van der Waals surface area contributed by atoms with E-state index in [1.165, 1.54) is 11.8 Å². The molecule has 6 heteroatoms. The largest absolute Gasteiger partial charge is 0.338 e. The third-order valence-corrected chi connectivity index (χ3v) is 5.37. The minimum Gasteiger partial charge on any atom is -0.338 e. The Bertz CT molecular complexity index is 1020. The Labute approximate surface area is 164 Å². The van der Waals surface area contributed by atoms with Gasteiger partial charge in [-0.3, -0.25) is 19.2 Å². The standard InChI is InChI=1S/C22H24N4O2/c1-17(26-20-10-6-5-9-19(20)21(27)15-23-26)22(28)25-13-11-24(12-14-25)16-18-7-3-2-4-8-18/h2-10,15,17H,11-14,16H2,1H3/t17-/m1/s1. The lowest BCUT2D eigenvalue weighted by Crippen LogP contribution is -2.50. The highest BCUT2D eigenvalue weighted by Gasteiger charge is 2.27. The Kier molecular flexibility index (Phi) is 5.21. The van der Waals surface area contributed by atoms with Crippen molar-refractivity contribution in [1.29, 1.82) is 0 Å². The lowest BCUT2D eigenvalue weighted by molar-refractivity contribution is -0.136. The van der Waals surface area contributed by atoms with Gasteiger partial charge in [-0.1, -0.05) is 42.5 Å². The van der Waals surface area contributed by atoms with Crippen molar-refractivity contribution in [3.63, 3.8) is 0 Å². The summed E-state index contributed by atoms with van der Waals surface area (Å²) in [6.45, 7) is 5.87. The summed E-state index contributed by atoms with van der Waals surface area (Å²) in [5.41, 5.74) is 1.86. The summed E-state index contributed by atoms with van der Waals surface area (Å²) in [4.78, 5) is 29.4. The number of benzene rings is 2. The number of hydrogen-bond donors (Lipinski definition) is 0. The van der Waals surface area contributed by atoms with E-state index in [1.807, 2.05) is 36.1 Å². The van der Waals surface area contributed by atoms with Crippen LogP contribution < -0.4 is 5.43 Å². The van der Waals surface area contributed by atoms with Gasteiger partial charge in [-0.15, -0.1) is 0 Å². The molecule has 6 nitrogen and oxygen atoms in total. The van der Waals surface area contributed by atoms with E-state index in [1.54, 1.807) is 10.7 Å². The van der Waals surface area contributed by atoms with Crippen molar-refractivity contribution in [2.45, 2.75) is 19.5 Å². The van der Waals surface area contributed by atoms with E-state index < -0.39 is 6.04 Å². The first-order valence-corrected chi connectivity index (χ1v) is 9.65. The monoisotopic (exact) mass is 376 g/mol. The minimum absolute atomic E-state index is 0.0423. The molecule has 0 unspecified atom stereocenters. The highest BCUT2D eigenvalue weighted by Crippen LogP contribution is 2.17. The second-order valence-electron chi connectivity index (χ2n) is 7.23. The van der Waals surface area contributed by atoms with Crippen LogP contribution in [0.2, 0.25) is 0 Å². The molecule has 3 aromatic rings. The fourth-order valence-electron chi connectivity index (χ4n) is 3.77. The first kappa shape index (κ1) is 18.4. The second-order valence-corrected chi connectivity index (χ2v) is 7.23. The molecular weight excluding hydrogens is 352 g/mol. The van der Waals surface area contributed by atoms with Crippen LogP contribution in [0, 0.1) is 0 Å². The van der Waals surface area contributed by atoms with Crippen molar-refractivity contribution in [1.82, 2.24) is 19.6 Å². The van der Waals surface area contributed by atoms with Crippen LogP contribution in [0.15, 0.2) is 65.6 Å². The third kappa shape index (κ3) is 3.68. The first-order chi connectivity index (χ1) is 13.6. The van der Waals surface area contributed by atoms with Crippen molar-refractivity contribution >= 4 is 16.8 Å². The Balaban J connectivity index is 1.44. The van der Waals surface area contributed by atoms with Crippen LogP contribution in [0.1, 0.15) is 18.5 Å². The van der Waals surface area contributed by atoms with Gasteiger partial charge in [-0.2, -0.15) is 5.10 Å². The maximum Gasteiger partial charge on any atom is 0.247 e. The lowest BCUT2D eigenvalue weighted by Gasteiger charge is -2.36. The molecule has 1 amide bonds. The second kappa shape index (κ2) is 7.94. The number of carbonyl (C=O) groups excluding carboxylic acids is 1. The maximum absolute atomic E-state index is 13.1. The van der Waals surface area contributed by atoms with E-state index in [0.717, 1.165) is 19.6 Å². The molecule has 144 valence electrons. The summed E-state index contributed by atoms with van der Waals surface area (Å²) < 4.78 is 1.66. The van der Waals surface area contributed by atoms with Crippen molar-refractivity contribution in [3.8, 4) is 0 Å². The average molecular weight is 376 g/mol. The van der Waals surface area contributed by atoms with Gasteiger partial charge in [-0.05, 0) is 24.6 Å². The van der Waals surface area contributed by atoms with Crippen molar-refractivity contribution < 1.29 is 4.79 Å².